The number of nitrogens with one attached hydrogen (secondary N) is 1. The Hall–Kier alpha value is -0.900. The maximum atomic E-state index is 5.62. The molecule has 0 radical (unpaired) electrons. The highest BCUT2D eigenvalue weighted by molar-refractivity contribution is 7.99. The number of aromatic nitrogens is 1. The van der Waals surface area contributed by atoms with Crippen molar-refractivity contribution in [3.8, 4) is 0 Å². The molecule has 1 saturated carbocycles. The lowest BCUT2D eigenvalue weighted by Crippen LogP contribution is -2.34. The highest BCUT2D eigenvalue weighted by Crippen LogP contribution is 2.29. The Morgan fingerprint density at radius 1 is 1.38 bits per heavy atom. The molecule has 0 aromatic carbocycles. The van der Waals surface area contributed by atoms with E-state index < -0.39 is 0 Å². The second-order valence-electron chi connectivity index (χ2n) is 4.29. The molecular weight excluding hydrogens is 218 g/mol. The van der Waals surface area contributed by atoms with E-state index in [-0.39, 0.29) is 0 Å². The van der Waals surface area contributed by atoms with Gasteiger partial charge in [-0.2, -0.15) is 11.8 Å². The molecule has 1 fully saturated rings. The molecule has 3 N–H and O–H groups in total. The summed E-state index contributed by atoms with van der Waals surface area (Å²) in [6.07, 6.45) is 9.15. The van der Waals surface area contributed by atoms with Crippen LogP contribution in [0.1, 0.15) is 25.7 Å². The number of pyridine rings is 1. The number of rotatable bonds is 3. The highest BCUT2D eigenvalue weighted by Gasteiger charge is 2.24. The molecule has 2 unspecified atom stereocenters. The maximum absolute atomic E-state index is 5.62. The SMILES string of the molecule is CSC1CCCCC1Nc1ccc(N)cn1. The quantitative estimate of drug-likeness (QED) is 0.848. The molecule has 2 atom stereocenters. The van der Waals surface area contributed by atoms with Crippen LogP contribution in [-0.4, -0.2) is 22.5 Å². The van der Waals surface area contributed by atoms with Gasteiger partial charge in [0, 0.05) is 11.3 Å². The summed E-state index contributed by atoms with van der Waals surface area (Å²) < 4.78 is 0. The van der Waals surface area contributed by atoms with E-state index in [2.05, 4.69) is 16.6 Å². The number of nitrogens with two attached hydrogens (primary N) is 1. The van der Waals surface area contributed by atoms with E-state index in [1.165, 1.54) is 25.7 Å². The minimum absolute atomic E-state index is 0.555. The van der Waals surface area contributed by atoms with Crippen LogP contribution >= 0.6 is 11.8 Å². The minimum atomic E-state index is 0.555. The standard InChI is InChI=1S/C12H19N3S/c1-16-11-5-3-2-4-10(11)15-12-7-6-9(13)8-14-12/h6-8,10-11H,2-5,13H2,1H3,(H,14,15). The topological polar surface area (TPSA) is 50.9 Å². The van der Waals surface area contributed by atoms with Crippen molar-refractivity contribution in [1.29, 1.82) is 0 Å². The first-order chi connectivity index (χ1) is 7.79. The minimum Gasteiger partial charge on any atom is -0.397 e. The lowest BCUT2D eigenvalue weighted by Gasteiger charge is -2.31. The molecule has 0 aliphatic heterocycles. The molecule has 0 saturated heterocycles. The van der Waals surface area contributed by atoms with Crippen molar-refractivity contribution < 1.29 is 0 Å². The Balaban J connectivity index is 1.99. The third-order valence-electron chi connectivity index (χ3n) is 3.12. The zero-order chi connectivity index (χ0) is 11.4. The molecule has 16 heavy (non-hydrogen) atoms. The molecule has 0 amide bonds. The van der Waals surface area contributed by atoms with Crippen molar-refractivity contribution >= 4 is 23.3 Å². The largest absolute Gasteiger partial charge is 0.397 e. The smallest absolute Gasteiger partial charge is 0.126 e. The van der Waals surface area contributed by atoms with E-state index in [0.717, 1.165) is 11.5 Å². The van der Waals surface area contributed by atoms with Gasteiger partial charge in [0.05, 0.1) is 11.9 Å². The van der Waals surface area contributed by atoms with Gasteiger partial charge in [0.15, 0.2) is 0 Å². The van der Waals surface area contributed by atoms with Crippen molar-refractivity contribution in [3.63, 3.8) is 0 Å². The number of nitrogens with zero attached hydrogens (tertiary/aromatic N) is 1. The van der Waals surface area contributed by atoms with E-state index in [1.807, 2.05) is 23.9 Å². The first-order valence-electron chi connectivity index (χ1n) is 5.80. The van der Waals surface area contributed by atoms with Gasteiger partial charge in [-0.1, -0.05) is 12.8 Å². The van der Waals surface area contributed by atoms with Gasteiger partial charge in [-0.3, -0.25) is 0 Å². The zero-order valence-electron chi connectivity index (χ0n) is 9.65. The van der Waals surface area contributed by atoms with Crippen molar-refractivity contribution in [2.24, 2.45) is 0 Å². The second-order valence-corrected chi connectivity index (χ2v) is 5.36. The molecule has 1 heterocycles. The molecule has 3 nitrogen and oxygen atoms in total. The van der Waals surface area contributed by atoms with Gasteiger partial charge in [0.2, 0.25) is 0 Å². The van der Waals surface area contributed by atoms with Gasteiger partial charge >= 0.3 is 0 Å². The zero-order valence-corrected chi connectivity index (χ0v) is 10.5. The first kappa shape index (κ1) is 11.6. The van der Waals surface area contributed by atoms with E-state index in [1.54, 1.807) is 6.20 Å². The van der Waals surface area contributed by atoms with Gasteiger partial charge in [-0.05, 0) is 31.2 Å². The average Bonchev–Trinajstić information content (AvgIpc) is 2.33. The maximum Gasteiger partial charge on any atom is 0.126 e. The molecule has 4 heteroatoms. The number of anilines is 2. The molecule has 1 aliphatic rings. The fourth-order valence-electron chi connectivity index (χ4n) is 2.22. The first-order valence-corrected chi connectivity index (χ1v) is 7.09. The molecule has 88 valence electrons. The van der Waals surface area contributed by atoms with E-state index >= 15 is 0 Å². The molecule has 1 aromatic rings. The fourth-order valence-corrected chi connectivity index (χ4v) is 3.16. The van der Waals surface area contributed by atoms with Crippen LogP contribution in [0.3, 0.4) is 0 Å². The van der Waals surface area contributed by atoms with Crippen molar-refractivity contribution in [1.82, 2.24) is 4.98 Å². The van der Waals surface area contributed by atoms with Crippen molar-refractivity contribution in [2.45, 2.75) is 37.0 Å². The predicted octanol–water partition coefficient (Wildman–Crippen LogP) is 2.75. The van der Waals surface area contributed by atoms with E-state index in [0.29, 0.717) is 11.3 Å². The summed E-state index contributed by atoms with van der Waals surface area (Å²) in [5, 5.41) is 4.24. The van der Waals surface area contributed by atoms with Crippen LogP contribution in [0.4, 0.5) is 11.5 Å². The van der Waals surface area contributed by atoms with Crippen molar-refractivity contribution in [3.05, 3.63) is 18.3 Å². The number of hydrogen-bond donors (Lipinski definition) is 2. The van der Waals surface area contributed by atoms with Crippen LogP contribution in [0.5, 0.6) is 0 Å². The summed E-state index contributed by atoms with van der Waals surface area (Å²) in [6.45, 7) is 0. The fraction of sp³-hybridized carbons (Fsp3) is 0.583. The third-order valence-corrected chi connectivity index (χ3v) is 4.29. The summed E-state index contributed by atoms with van der Waals surface area (Å²) >= 11 is 1.96. The summed E-state index contributed by atoms with van der Waals surface area (Å²) in [5.41, 5.74) is 6.34. The Morgan fingerprint density at radius 2 is 2.19 bits per heavy atom. The molecule has 0 spiro atoms. The van der Waals surface area contributed by atoms with Crippen LogP contribution in [0.15, 0.2) is 18.3 Å². The van der Waals surface area contributed by atoms with Crippen LogP contribution in [0.25, 0.3) is 0 Å². The van der Waals surface area contributed by atoms with Crippen LogP contribution in [0, 0.1) is 0 Å². The lowest BCUT2D eigenvalue weighted by molar-refractivity contribution is 0.474. The Labute approximate surface area is 101 Å². The van der Waals surface area contributed by atoms with Crippen LogP contribution in [0.2, 0.25) is 0 Å². The van der Waals surface area contributed by atoms with Crippen molar-refractivity contribution in [2.75, 3.05) is 17.3 Å². The Morgan fingerprint density at radius 3 is 2.88 bits per heavy atom. The predicted molar refractivity (Wildman–Crippen MR) is 71.8 cm³/mol. The molecular formula is C12H19N3S. The summed E-state index contributed by atoms with van der Waals surface area (Å²) in [4.78, 5) is 4.30. The van der Waals surface area contributed by atoms with Gasteiger partial charge in [-0.25, -0.2) is 4.98 Å². The van der Waals surface area contributed by atoms with Gasteiger partial charge < -0.3 is 11.1 Å². The Bertz CT molecular complexity index is 326. The number of thioether (sulfide) groups is 1. The third kappa shape index (κ3) is 2.82. The van der Waals surface area contributed by atoms with Gasteiger partial charge in [-0.15, -0.1) is 0 Å². The van der Waals surface area contributed by atoms with Crippen LogP contribution < -0.4 is 11.1 Å². The highest BCUT2D eigenvalue weighted by atomic mass is 32.2. The molecule has 1 aliphatic carbocycles. The molecule has 2 rings (SSSR count). The van der Waals surface area contributed by atoms with Crippen LogP contribution in [-0.2, 0) is 0 Å². The average molecular weight is 237 g/mol. The number of hydrogen-bond acceptors (Lipinski definition) is 4. The molecule has 0 bridgehead atoms. The Kier molecular flexibility index (Phi) is 3.93. The lowest BCUT2D eigenvalue weighted by atomic mass is 9.95. The van der Waals surface area contributed by atoms with Gasteiger partial charge in [0.25, 0.3) is 0 Å². The number of nitrogen functional groups attached to an aromatic ring is 1. The normalized spacial score (nSPS) is 25.3. The van der Waals surface area contributed by atoms with E-state index in [4.69, 9.17) is 5.73 Å². The van der Waals surface area contributed by atoms with E-state index in [9.17, 15) is 0 Å². The second kappa shape index (κ2) is 5.43. The summed E-state index contributed by atoms with van der Waals surface area (Å²) in [6, 6.07) is 4.41. The summed E-state index contributed by atoms with van der Waals surface area (Å²) in [5.74, 6) is 0.945. The monoisotopic (exact) mass is 237 g/mol. The van der Waals surface area contributed by atoms with Gasteiger partial charge in [0.1, 0.15) is 5.82 Å². The summed E-state index contributed by atoms with van der Waals surface area (Å²) in [7, 11) is 0. The molecule has 1 aromatic heterocycles.